The molecule has 1 aliphatic heterocycles. The monoisotopic (exact) mass is 311 g/mol. The van der Waals surface area contributed by atoms with Crippen LogP contribution in [0.1, 0.15) is 20.3 Å². The minimum atomic E-state index is -3.33. The molecule has 1 saturated heterocycles. The van der Waals surface area contributed by atoms with Crippen LogP contribution >= 0.6 is 0 Å². The standard InChI is InChI=1S/C15H25N3O2S/c1-3-18(4-2)21(19,20)16-12-14-10-11-17(13-14)15-8-6-5-7-9-15/h5-9,14,16H,3-4,10-13H2,1-2H3/t14-/m1/s1. The first-order valence-electron chi connectivity index (χ1n) is 7.61. The van der Waals surface area contributed by atoms with E-state index in [1.807, 2.05) is 32.0 Å². The van der Waals surface area contributed by atoms with Crippen molar-refractivity contribution >= 4 is 15.9 Å². The zero-order valence-corrected chi connectivity index (χ0v) is 13.6. The van der Waals surface area contributed by atoms with Crippen LogP contribution in [0.15, 0.2) is 30.3 Å². The van der Waals surface area contributed by atoms with Crippen molar-refractivity contribution in [2.24, 2.45) is 5.92 Å². The van der Waals surface area contributed by atoms with Crippen molar-refractivity contribution in [1.29, 1.82) is 0 Å². The lowest BCUT2D eigenvalue weighted by atomic mass is 10.1. The first-order chi connectivity index (χ1) is 10.1. The number of anilines is 1. The Morgan fingerprint density at radius 3 is 2.52 bits per heavy atom. The summed E-state index contributed by atoms with van der Waals surface area (Å²) in [7, 11) is -3.33. The van der Waals surface area contributed by atoms with Gasteiger partial charge >= 0.3 is 0 Å². The summed E-state index contributed by atoms with van der Waals surface area (Å²) >= 11 is 0. The third-order valence-corrected chi connectivity index (χ3v) is 5.73. The molecule has 118 valence electrons. The molecule has 1 aromatic rings. The summed E-state index contributed by atoms with van der Waals surface area (Å²) in [5.74, 6) is 0.371. The Morgan fingerprint density at radius 1 is 1.24 bits per heavy atom. The molecule has 0 saturated carbocycles. The maximum absolute atomic E-state index is 12.1. The smallest absolute Gasteiger partial charge is 0.279 e. The fourth-order valence-corrected chi connectivity index (χ4v) is 4.06. The predicted octanol–water partition coefficient (Wildman–Crippen LogP) is 1.69. The van der Waals surface area contributed by atoms with Gasteiger partial charge in [0.2, 0.25) is 0 Å². The van der Waals surface area contributed by atoms with E-state index in [0.29, 0.717) is 25.6 Å². The highest BCUT2D eigenvalue weighted by molar-refractivity contribution is 7.87. The van der Waals surface area contributed by atoms with Crippen molar-refractivity contribution in [3.63, 3.8) is 0 Å². The van der Waals surface area contributed by atoms with Gasteiger partial charge in [0.15, 0.2) is 0 Å². The first-order valence-corrected chi connectivity index (χ1v) is 9.05. The maximum atomic E-state index is 12.1. The molecule has 21 heavy (non-hydrogen) atoms. The van der Waals surface area contributed by atoms with Crippen molar-refractivity contribution in [3.8, 4) is 0 Å². The minimum Gasteiger partial charge on any atom is -0.371 e. The third-order valence-electron chi connectivity index (χ3n) is 4.01. The lowest BCUT2D eigenvalue weighted by Crippen LogP contribution is -2.42. The van der Waals surface area contributed by atoms with E-state index in [9.17, 15) is 8.42 Å². The molecule has 1 aromatic carbocycles. The van der Waals surface area contributed by atoms with Gasteiger partial charge in [0.25, 0.3) is 10.2 Å². The van der Waals surface area contributed by atoms with Gasteiger partial charge in [-0.1, -0.05) is 32.0 Å². The molecule has 0 radical (unpaired) electrons. The number of nitrogens with zero attached hydrogens (tertiary/aromatic N) is 2. The van der Waals surface area contributed by atoms with Crippen LogP contribution < -0.4 is 9.62 Å². The molecule has 0 aromatic heterocycles. The summed E-state index contributed by atoms with van der Waals surface area (Å²) in [5.41, 5.74) is 1.21. The van der Waals surface area contributed by atoms with Crippen LogP contribution in [0.3, 0.4) is 0 Å². The largest absolute Gasteiger partial charge is 0.371 e. The van der Waals surface area contributed by atoms with E-state index in [1.165, 1.54) is 9.99 Å². The van der Waals surface area contributed by atoms with Crippen LogP contribution in [0.2, 0.25) is 0 Å². The van der Waals surface area contributed by atoms with E-state index in [0.717, 1.165) is 19.5 Å². The topological polar surface area (TPSA) is 52.7 Å². The Labute approximate surface area is 128 Å². The van der Waals surface area contributed by atoms with E-state index in [-0.39, 0.29) is 0 Å². The van der Waals surface area contributed by atoms with Gasteiger partial charge in [-0.3, -0.25) is 0 Å². The highest BCUT2D eigenvalue weighted by Gasteiger charge is 2.25. The van der Waals surface area contributed by atoms with E-state index in [2.05, 4.69) is 21.8 Å². The summed E-state index contributed by atoms with van der Waals surface area (Å²) in [6.07, 6.45) is 1.02. The van der Waals surface area contributed by atoms with Crippen molar-refractivity contribution in [2.75, 3.05) is 37.6 Å². The number of hydrogen-bond acceptors (Lipinski definition) is 3. The summed E-state index contributed by atoms with van der Waals surface area (Å²) in [4.78, 5) is 2.32. The minimum absolute atomic E-state index is 0.371. The molecule has 0 unspecified atom stereocenters. The van der Waals surface area contributed by atoms with Crippen molar-refractivity contribution in [2.45, 2.75) is 20.3 Å². The zero-order valence-electron chi connectivity index (χ0n) is 12.8. The molecule has 0 spiro atoms. The maximum Gasteiger partial charge on any atom is 0.279 e. The van der Waals surface area contributed by atoms with Crippen LogP contribution in [0.5, 0.6) is 0 Å². The second kappa shape index (κ2) is 7.24. The molecule has 5 nitrogen and oxygen atoms in total. The summed E-state index contributed by atoms with van der Waals surface area (Å²) in [5, 5.41) is 0. The second-order valence-corrected chi connectivity index (χ2v) is 7.13. The molecule has 0 aliphatic carbocycles. The normalized spacial score (nSPS) is 19.4. The quantitative estimate of drug-likeness (QED) is 0.834. The number of benzene rings is 1. The Hall–Kier alpha value is -1.11. The molecule has 1 heterocycles. The lowest BCUT2D eigenvalue weighted by molar-refractivity contribution is 0.428. The van der Waals surface area contributed by atoms with Crippen LogP contribution in [-0.2, 0) is 10.2 Å². The van der Waals surface area contributed by atoms with Gasteiger partial charge in [0, 0.05) is 38.4 Å². The van der Waals surface area contributed by atoms with Crippen molar-refractivity contribution in [1.82, 2.24) is 9.03 Å². The van der Waals surface area contributed by atoms with Gasteiger partial charge in [-0.25, -0.2) is 4.72 Å². The van der Waals surface area contributed by atoms with Gasteiger partial charge in [-0.2, -0.15) is 12.7 Å². The SMILES string of the molecule is CCN(CC)S(=O)(=O)NC[C@H]1CCN(c2ccccc2)C1. The lowest BCUT2D eigenvalue weighted by Gasteiger charge is -2.21. The summed E-state index contributed by atoms with van der Waals surface area (Å²) in [6, 6.07) is 10.3. The van der Waals surface area contributed by atoms with Crippen LogP contribution in [0.25, 0.3) is 0 Å². The van der Waals surface area contributed by atoms with Gasteiger partial charge in [0.05, 0.1) is 0 Å². The van der Waals surface area contributed by atoms with Crippen LogP contribution in [-0.4, -0.2) is 45.4 Å². The average Bonchev–Trinajstić information content (AvgIpc) is 2.96. The van der Waals surface area contributed by atoms with E-state index >= 15 is 0 Å². The average molecular weight is 311 g/mol. The second-order valence-electron chi connectivity index (χ2n) is 5.37. The van der Waals surface area contributed by atoms with Crippen molar-refractivity contribution in [3.05, 3.63) is 30.3 Å². The van der Waals surface area contributed by atoms with Gasteiger partial charge in [0.1, 0.15) is 0 Å². The Balaban J connectivity index is 1.86. The van der Waals surface area contributed by atoms with Gasteiger partial charge in [-0.15, -0.1) is 0 Å². The molecule has 1 N–H and O–H groups in total. The molecule has 0 amide bonds. The molecule has 1 aliphatic rings. The van der Waals surface area contributed by atoms with Gasteiger partial charge in [-0.05, 0) is 24.5 Å². The number of rotatable bonds is 7. The van der Waals surface area contributed by atoms with Crippen LogP contribution in [0.4, 0.5) is 5.69 Å². The highest BCUT2D eigenvalue weighted by Crippen LogP contribution is 2.23. The van der Waals surface area contributed by atoms with Crippen molar-refractivity contribution < 1.29 is 8.42 Å². The number of para-hydroxylation sites is 1. The summed E-state index contributed by atoms with van der Waals surface area (Å²) < 4.78 is 28.4. The predicted molar refractivity (Wildman–Crippen MR) is 86.6 cm³/mol. The van der Waals surface area contributed by atoms with E-state index in [4.69, 9.17) is 0 Å². The fourth-order valence-electron chi connectivity index (χ4n) is 2.75. The molecular formula is C15H25N3O2S. The van der Waals surface area contributed by atoms with Gasteiger partial charge < -0.3 is 4.90 Å². The molecule has 6 heteroatoms. The molecule has 1 fully saturated rings. The molecule has 0 bridgehead atoms. The Kier molecular flexibility index (Phi) is 5.61. The first kappa shape index (κ1) is 16.3. The molecule has 1 atom stereocenters. The molecular weight excluding hydrogens is 286 g/mol. The molecule has 2 rings (SSSR count). The fraction of sp³-hybridized carbons (Fsp3) is 0.600. The Bertz CT molecular complexity index is 529. The Morgan fingerprint density at radius 2 is 1.90 bits per heavy atom. The number of hydrogen-bond donors (Lipinski definition) is 1. The van der Waals surface area contributed by atoms with E-state index < -0.39 is 10.2 Å². The summed E-state index contributed by atoms with van der Waals surface area (Å²) in [6.45, 7) is 7.14. The number of nitrogens with one attached hydrogen (secondary N) is 1. The third kappa shape index (κ3) is 4.18. The zero-order chi connectivity index (χ0) is 15.3. The van der Waals surface area contributed by atoms with E-state index in [1.54, 1.807) is 0 Å². The highest BCUT2D eigenvalue weighted by atomic mass is 32.2. The van der Waals surface area contributed by atoms with Crippen LogP contribution in [0, 0.1) is 5.92 Å².